The SMILES string of the molecule is COCCNCc1c(C)nn(CC(=O)N(C)C2CC2)c1C. The second-order valence-electron chi connectivity index (χ2n) is 5.71. The van der Waals surface area contributed by atoms with Gasteiger partial charge in [0.15, 0.2) is 0 Å². The van der Waals surface area contributed by atoms with Gasteiger partial charge in [0.05, 0.1) is 12.3 Å². The molecule has 2 rings (SSSR count). The lowest BCUT2D eigenvalue weighted by molar-refractivity contribution is -0.131. The standard InChI is InChI=1S/C15H26N4O2/c1-11-14(9-16-7-8-21-4)12(2)19(17-11)10-15(20)18(3)13-5-6-13/h13,16H,5-10H2,1-4H3. The van der Waals surface area contributed by atoms with Crippen molar-refractivity contribution < 1.29 is 9.53 Å². The van der Waals surface area contributed by atoms with E-state index in [1.54, 1.807) is 7.11 Å². The van der Waals surface area contributed by atoms with Crippen molar-refractivity contribution >= 4 is 5.91 Å². The second-order valence-corrected chi connectivity index (χ2v) is 5.71. The second kappa shape index (κ2) is 7.04. The van der Waals surface area contributed by atoms with Gasteiger partial charge >= 0.3 is 0 Å². The van der Waals surface area contributed by atoms with Crippen LogP contribution in [0.25, 0.3) is 0 Å². The molecule has 21 heavy (non-hydrogen) atoms. The molecule has 118 valence electrons. The molecule has 1 saturated carbocycles. The molecule has 1 aromatic heterocycles. The van der Waals surface area contributed by atoms with Crippen molar-refractivity contribution in [3.8, 4) is 0 Å². The fraction of sp³-hybridized carbons (Fsp3) is 0.733. The number of methoxy groups -OCH3 is 1. The summed E-state index contributed by atoms with van der Waals surface area (Å²) in [5, 5.41) is 7.84. The molecule has 0 aliphatic heterocycles. The van der Waals surface area contributed by atoms with Gasteiger partial charge < -0.3 is 15.0 Å². The van der Waals surface area contributed by atoms with E-state index in [9.17, 15) is 4.79 Å². The van der Waals surface area contributed by atoms with Crippen molar-refractivity contribution in [2.45, 2.75) is 45.8 Å². The molecule has 0 atom stereocenters. The predicted molar refractivity (Wildman–Crippen MR) is 81.1 cm³/mol. The molecule has 1 aliphatic rings. The maximum atomic E-state index is 12.2. The van der Waals surface area contributed by atoms with Crippen LogP contribution in [0.2, 0.25) is 0 Å². The topological polar surface area (TPSA) is 59.4 Å². The first-order chi connectivity index (χ1) is 10.0. The highest BCUT2D eigenvalue weighted by Crippen LogP contribution is 2.25. The van der Waals surface area contributed by atoms with E-state index in [4.69, 9.17) is 4.74 Å². The molecule has 0 bridgehead atoms. The highest BCUT2D eigenvalue weighted by molar-refractivity contribution is 5.76. The zero-order chi connectivity index (χ0) is 15.4. The molecular formula is C15H26N4O2. The van der Waals surface area contributed by atoms with Crippen molar-refractivity contribution in [3.63, 3.8) is 0 Å². The predicted octanol–water partition coefficient (Wildman–Crippen LogP) is 0.857. The van der Waals surface area contributed by atoms with Crippen molar-refractivity contribution in [3.05, 3.63) is 17.0 Å². The molecule has 1 heterocycles. The molecule has 1 amide bonds. The number of carbonyl (C=O) groups is 1. The number of likely N-dealkylation sites (N-methyl/N-ethyl adjacent to an activating group) is 1. The van der Waals surface area contributed by atoms with E-state index in [0.717, 1.165) is 37.3 Å². The Morgan fingerprint density at radius 1 is 1.48 bits per heavy atom. The zero-order valence-corrected chi connectivity index (χ0v) is 13.5. The third kappa shape index (κ3) is 4.04. The van der Waals surface area contributed by atoms with E-state index in [2.05, 4.69) is 10.4 Å². The summed E-state index contributed by atoms with van der Waals surface area (Å²) in [4.78, 5) is 14.1. The first-order valence-electron chi connectivity index (χ1n) is 7.52. The number of amides is 1. The number of carbonyl (C=O) groups excluding carboxylic acids is 1. The largest absolute Gasteiger partial charge is 0.383 e. The van der Waals surface area contributed by atoms with Crippen LogP contribution in [0.5, 0.6) is 0 Å². The van der Waals surface area contributed by atoms with Gasteiger partial charge in [0.1, 0.15) is 6.54 Å². The Bertz CT molecular complexity index is 494. The molecule has 1 aliphatic carbocycles. The van der Waals surface area contributed by atoms with E-state index >= 15 is 0 Å². The van der Waals surface area contributed by atoms with Crippen molar-refractivity contribution in [2.24, 2.45) is 0 Å². The fourth-order valence-electron chi connectivity index (χ4n) is 2.44. The summed E-state index contributed by atoms with van der Waals surface area (Å²) in [5.74, 6) is 0.141. The first kappa shape index (κ1) is 16.0. The minimum atomic E-state index is 0.141. The molecule has 0 radical (unpaired) electrons. The summed E-state index contributed by atoms with van der Waals surface area (Å²) in [6, 6.07) is 0.449. The lowest BCUT2D eigenvalue weighted by Gasteiger charge is -2.16. The van der Waals surface area contributed by atoms with E-state index in [1.165, 1.54) is 5.56 Å². The number of hydrogen-bond donors (Lipinski definition) is 1. The number of nitrogens with one attached hydrogen (secondary N) is 1. The molecule has 0 saturated heterocycles. The summed E-state index contributed by atoms with van der Waals surface area (Å²) >= 11 is 0. The summed E-state index contributed by atoms with van der Waals surface area (Å²) in [5.41, 5.74) is 3.22. The van der Waals surface area contributed by atoms with E-state index < -0.39 is 0 Å². The Labute approximate surface area is 126 Å². The number of ether oxygens (including phenoxy) is 1. The van der Waals surface area contributed by atoms with Crippen molar-refractivity contribution in [2.75, 3.05) is 27.3 Å². The molecule has 6 heteroatoms. The van der Waals surface area contributed by atoms with Crippen LogP contribution in [0.15, 0.2) is 0 Å². The highest BCUT2D eigenvalue weighted by atomic mass is 16.5. The first-order valence-corrected chi connectivity index (χ1v) is 7.52. The van der Waals surface area contributed by atoms with Crippen molar-refractivity contribution in [1.29, 1.82) is 0 Å². The third-order valence-electron chi connectivity index (χ3n) is 4.09. The Hall–Kier alpha value is -1.40. The van der Waals surface area contributed by atoms with Gasteiger partial charge in [0.25, 0.3) is 0 Å². The average Bonchev–Trinajstić information content (AvgIpc) is 3.25. The smallest absolute Gasteiger partial charge is 0.244 e. The van der Waals surface area contributed by atoms with Gasteiger partial charge in [-0.3, -0.25) is 9.48 Å². The Kier molecular flexibility index (Phi) is 5.36. The monoisotopic (exact) mass is 294 g/mol. The lowest BCUT2D eigenvalue weighted by Crippen LogP contribution is -2.32. The number of aryl methyl sites for hydroxylation is 1. The molecule has 0 unspecified atom stereocenters. The summed E-state index contributed by atoms with van der Waals surface area (Å²) in [6.07, 6.45) is 2.27. The maximum Gasteiger partial charge on any atom is 0.244 e. The Morgan fingerprint density at radius 2 is 2.19 bits per heavy atom. The van der Waals surface area contributed by atoms with Crippen LogP contribution in [-0.4, -0.2) is 53.9 Å². The molecule has 6 nitrogen and oxygen atoms in total. The van der Waals surface area contributed by atoms with Gasteiger partial charge in [-0.15, -0.1) is 0 Å². The van der Waals surface area contributed by atoms with E-state index in [-0.39, 0.29) is 5.91 Å². The number of rotatable bonds is 8. The van der Waals surface area contributed by atoms with Crippen LogP contribution in [0.1, 0.15) is 29.8 Å². The Balaban J connectivity index is 1.95. The molecule has 1 aromatic rings. The third-order valence-corrected chi connectivity index (χ3v) is 4.09. The molecule has 1 fully saturated rings. The van der Waals surface area contributed by atoms with E-state index in [1.807, 2.05) is 30.5 Å². The molecular weight excluding hydrogens is 268 g/mol. The minimum absolute atomic E-state index is 0.141. The molecule has 0 aromatic carbocycles. The number of aromatic nitrogens is 2. The summed E-state index contributed by atoms with van der Waals surface area (Å²) in [7, 11) is 3.58. The van der Waals surface area contributed by atoms with Gasteiger partial charge in [-0.25, -0.2) is 0 Å². The van der Waals surface area contributed by atoms with Crippen molar-refractivity contribution in [1.82, 2.24) is 20.0 Å². The average molecular weight is 294 g/mol. The summed E-state index contributed by atoms with van der Waals surface area (Å²) in [6.45, 7) is 6.61. The highest BCUT2D eigenvalue weighted by Gasteiger charge is 2.29. The van der Waals surface area contributed by atoms with E-state index in [0.29, 0.717) is 19.2 Å². The molecule has 1 N–H and O–H groups in total. The minimum Gasteiger partial charge on any atom is -0.383 e. The Morgan fingerprint density at radius 3 is 2.81 bits per heavy atom. The van der Waals surface area contributed by atoms with Gasteiger partial charge in [0, 0.05) is 44.5 Å². The lowest BCUT2D eigenvalue weighted by atomic mass is 10.2. The van der Waals surface area contributed by atoms with Gasteiger partial charge in [-0.05, 0) is 26.7 Å². The molecule has 0 spiro atoms. The zero-order valence-electron chi connectivity index (χ0n) is 13.5. The van der Waals surface area contributed by atoms with Crippen LogP contribution in [0.3, 0.4) is 0 Å². The fourth-order valence-corrected chi connectivity index (χ4v) is 2.44. The van der Waals surface area contributed by atoms with Crippen LogP contribution in [0, 0.1) is 13.8 Å². The number of nitrogens with zero attached hydrogens (tertiary/aromatic N) is 3. The van der Waals surface area contributed by atoms with Crippen LogP contribution in [0.4, 0.5) is 0 Å². The van der Waals surface area contributed by atoms with Gasteiger partial charge in [-0.2, -0.15) is 5.10 Å². The van der Waals surface area contributed by atoms with Gasteiger partial charge in [-0.1, -0.05) is 0 Å². The maximum absolute atomic E-state index is 12.2. The normalized spacial score (nSPS) is 14.5. The van der Waals surface area contributed by atoms with Gasteiger partial charge in [0.2, 0.25) is 5.91 Å². The number of hydrogen-bond acceptors (Lipinski definition) is 4. The van der Waals surface area contributed by atoms with Crippen LogP contribution >= 0.6 is 0 Å². The van der Waals surface area contributed by atoms with Crippen LogP contribution < -0.4 is 5.32 Å². The van der Waals surface area contributed by atoms with Crippen LogP contribution in [-0.2, 0) is 22.6 Å². The summed E-state index contributed by atoms with van der Waals surface area (Å²) < 4.78 is 6.84. The quantitative estimate of drug-likeness (QED) is 0.722.